The van der Waals surface area contributed by atoms with Crippen LogP contribution in [0.25, 0.3) is 0 Å². The first-order valence-electron chi connectivity index (χ1n) is 7.83. The molecular formula is C14H32N3O4P. The van der Waals surface area contributed by atoms with Gasteiger partial charge < -0.3 is 18.9 Å². The summed E-state index contributed by atoms with van der Waals surface area (Å²) in [6.45, 7) is 6.93. The lowest BCUT2D eigenvalue weighted by molar-refractivity contribution is 0.00206. The van der Waals surface area contributed by atoms with Gasteiger partial charge in [0, 0.05) is 13.1 Å². The standard InChI is InChI=1S/C14H32N3O4P/c1-15(2)22(16(3)4)17-5-7-18-9-11-20-13-14-21-12-10-19-8-6-17/h5-14H2,1-4H3. The lowest BCUT2D eigenvalue weighted by atomic mass is 10.6. The molecule has 1 saturated heterocycles. The molecule has 1 rings (SSSR count). The van der Waals surface area contributed by atoms with Crippen molar-refractivity contribution in [2.24, 2.45) is 0 Å². The number of ether oxygens (including phenoxy) is 4. The van der Waals surface area contributed by atoms with Gasteiger partial charge in [-0.15, -0.1) is 0 Å². The molecule has 0 unspecified atom stereocenters. The smallest absolute Gasteiger partial charge is 0.119 e. The molecule has 1 fully saturated rings. The van der Waals surface area contributed by atoms with Crippen molar-refractivity contribution in [2.75, 3.05) is 94.1 Å². The van der Waals surface area contributed by atoms with Crippen molar-refractivity contribution >= 4 is 8.37 Å². The number of hydrogen-bond acceptors (Lipinski definition) is 7. The quantitative estimate of drug-likeness (QED) is 0.703. The minimum Gasteiger partial charge on any atom is -0.378 e. The van der Waals surface area contributed by atoms with E-state index >= 15 is 0 Å². The molecule has 0 amide bonds. The van der Waals surface area contributed by atoms with Gasteiger partial charge in [0.1, 0.15) is 8.37 Å². The third-order valence-corrected chi connectivity index (χ3v) is 5.41. The molecule has 0 aromatic heterocycles. The zero-order valence-corrected chi connectivity index (χ0v) is 15.4. The summed E-state index contributed by atoms with van der Waals surface area (Å²) in [4.78, 5) is 0. The maximum atomic E-state index is 5.67. The van der Waals surface area contributed by atoms with Crippen LogP contribution < -0.4 is 0 Å². The first kappa shape index (κ1) is 20.2. The summed E-state index contributed by atoms with van der Waals surface area (Å²) in [7, 11) is 7.96. The van der Waals surface area contributed by atoms with Gasteiger partial charge >= 0.3 is 0 Å². The molecule has 1 heterocycles. The van der Waals surface area contributed by atoms with E-state index in [0.29, 0.717) is 52.9 Å². The van der Waals surface area contributed by atoms with Crippen molar-refractivity contribution in [1.82, 2.24) is 14.0 Å². The molecule has 0 saturated carbocycles. The Kier molecular flexibility index (Phi) is 11.5. The summed E-state index contributed by atoms with van der Waals surface area (Å²) in [5.41, 5.74) is 0. The van der Waals surface area contributed by atoms with Crippen molar-refractivity contribution in [3.63, 3.8) is 0 Å². The molecule has 8 heteroatoms. The zero-order chi connectivity index (χ0) is 16.2. The normalized spacial score (nSPS) is 22.0. The number of hydrogen-bond donors (Lipinski definition) is 0. The monoisotopic (exact) mass is 337 g/mol. The van der Waals surface area contributed by atoms with Crippen LogP contribution in [0.3, 0.4) is 0 Å². The Morgan fingerprint density at radius 3 is 1.23 bits per heavy atom. The summed E-state index contributed by atoms with van der Waals surface area (Å²) < 4.78 is 29.2. The average Bonchev–Trinajstić information content (AvgIpc) is 2.46. The zero-order valence-electron chi connectivity index (χ0n) is 14.5. The average molecular weight is 337 g/mol. The predicted octanol–water partition coefficient (Wildman–Crippen LogP) is 0.719. The van der Waals surface area contributed by atoms with Gasteiger partial charge in [-0.1, -0.05) is 0 Å². The Morgan fingerprint density at radius 2 is 0.909 bits per heavy atom. The molecule has 0 aliphatic carbocycles. The maximum absolute atomic E-state index is 5.67. The summed E-state index contributed by atoms with van der Waals surface area (Å²) in [5.74, 6) is 0. The first-order valence-corrected chi connectivity index (χ1v) is 9.03. The van der Waals surface area contributed by atoms with E-state index in [4.69, 9.17) is 18.9 Å². The van der Waals surface area contributed by atoms with Crippen molar-refractivity contribution in [2.45, 2.75) is 0 Å². The largest absolute Gasteiger partial charge is 0.378 e. The fourth-order valence-corrected chi connectivity index (χ4v) is 4.50. The molecule has 1 aliphatic heterocycles. The van der Waals surface area contributed by atoms with Crippen LogP contribution in [0.5, 0.6) is 0 Å². The van der Waals surface area contributed by atoms with Crippen LogP contribution in [0, 0.1) is 0 Å². The van der Waals surface area contributed by atoms with E-state index in [9.17, 15) is 0 Å². The second-order valence-electron chi connectivity index (χ2n) is 5.37. The van der Waals surface area contributed by atoms with Crippen LogP contribution in [0.4, 0.5) is 0 Å². The van der Waals surface area contributed by atoms with Gasteiger partial charge in [-0.05, 0) is 28.2 Å². The van der Waals surface area contributed by atoms with Crippen LogP contribution in [0.15, 0.2) is 0 Å². The Hall–Kier alpha value is 0.150. The third-order valence-electron chi connectivity index (χ3n) is 3.07. The molecule has 0 aromatic rings. The Labute approximate surface area is 136 Å². The van der Waals surface area contributed by atoms with Crippen LogP contribution in [-0.4, -0.2) is 108 Å². The van der Waals surface area contributed by atoms with E-state index in [0.717, 1.165) is 13.1 Å². The summed E-state index contributed by atoms with van der Waals surface area (Å²) in [6.07, 6.45) is 0. The number of nitrogens with zero attached hydrogens (tertiary/aromatic N) is 3. The molecule has 22 heavy (non-hydrogen) atoms. The Bertz CT molecular complexity index is 248. The lowest BCUT2D eigenvalue weighted by Gasteiger charge is -2.39. The highest BCUT2D eigenvalue weighted by molar-refractivity contribution is 7.49. The molecule has 0 radical (unpaired) electrons. The second kappa shape index (κ2) is 12.6. The van der Waals surface area contributed by atoms with E-state index in [2.05, 4.69) is 42.2 Å². The Morgan fingerprint density at radius 1 is 0.591 bits per heavy atom. The summed E-state index contributed by atoms with van der Waals surface area (Å²) in [5, 5.41) is 0. The Balaban J connectivity index is 2.51. The van der Waals surface area contributed by atoms with E-state index in [-0.39, 0.29) is 0 Å². The van der Waals surface area contributed by atoms with Crippen molar-refractivity contribution < 1.29 is 18.9 Å². The van der Waals surface area contributed by atoms with Crippen LogP contribution in [0.2, 0.25) is 0 Å². The van der Waals surface area contributed by atoms with Crippen molar-refractivity contribution in [3.8, 4) is 0 Å². The molecule has 0 atom stereocenters. The van der Waals surface area contributed by atoms with Gasteiger partial charge in [-0.3, -0.25) is 14.0 Å². The topological polar surface area (TPSA) is 46.6 Å². The molecule has 1 aliphatic rings. The fourth-order valence-electron chi connectivity index (χ4n) is 2.26. The summed E-state index contributed by atoms with van der Waals surface area (Å²) in [6, 6.07) is 0. The summed E-state index contributed by atoms with van der Waals surface area (Å²) >= 11 is 0. The van der Waals surface area contributed by atoms with Gasteiger partial charge in [0.25, 0.3) is 0 Å². The highest BCUT2D eigenvalue weighted by Crippen LogP contribution is 2.43. The van der Waals surface area contributed by atoms with Gasteiger partial charge in [0.05, 0.1) is 52.9 Å². The van der Waals surface area contributed by atoms with Crippen molar-refractivity contribution in [3.05, 3.63) is 0 Å². The molecule has 0 N–H and O–H groups in total. The van der Waals surface area contributed by atoms with Gasteiger partial charge in [0.2, 0.25) is 0 Å². The third kappa shape index (κ3) is 8.70. The second-order valence-corrected chi connectivity index (χ2v) is 8.07. The minimum absolute atomic E-state index is 0.501. The molecule has 0 bridgehead atoms. The van der Waals surface area contributed by atoms with E-state index in [1.807, 2.05) is 0 Å². The SMILES string of the molecule is CN(C)P(N(C)C)N1CCOCCOCCOCCOCC1. The van der Waals surface area contributed by atoms with Crippen LogP contribution in [-0.2, 0) is 18.9 Å². The first-order chi connectivity index (χ1) is 10.6. The lowest BCUT2D eigenvalue weighted by Crippen LogP contribution is -2.35. The van der Waals surface area contributed by atoms with E-state index in [1.54, 1.807) is 0 Å². The van der Waals surface area contributed by atoms with E-state index < -0.39 is 8.37 Å². The van der Waals surface area contributed by atoms with Gasteiger partial charge in [-0.2, -0.15) is 0 Å². The minimum atomic E-state index is -0.501. The van der Waals surface area contributed by atoms with Crippen LogP contribution in [0.1, 0.15) is 0 Å². The molecule has 7 nitrogen and oxygen atoms in total. The highest BCUT2D eigenvalue weighted by Gasteiger charge is 2.23. The number of rotatable bonds is 3. The van der Waals surface area contributed by atoms with E-state index in [1.165, 1.54) is 0 Å². The van der Waals surface area contributed by atoms with Crippen molar-refractivity contribution in [1.29, 1.82) is 0 Å². The molecule has 0 spiro atoms. The molecular weight excluding hydrogens is 305 g/mol. The molecule has 0 aromatic carbocycles. The van der Waals surface area contributed by atoms with Crippen LogP contribution >= 0.6 is 8.37 Å². The maximum Gasteiger partial charge on any atom is 0.119 e. The predicted molar refractivity (Wildman–Crippen MR) is 89.1 cm³/mol. The fraction of sp³-hybridized carbons (Fsp3) is 1.00. The van der Waals surface area contributed by atoms with Gasteiger partial charge in [0.15, 0.2) is 0 Å². The molecule has 132 valence electrons. The van der Waals surface area contributed by atoms with Gasteiger partial charge in [-0.25, -0.2) is 0 Å². The highest BCUT2D eigenvalue weighted by atomic mass is 31.2.